The lowest BCUT2D eigenvalue weighted by Crippen LogP contribution is -2.39. The SMILES string of the molecule is O=C1OC2(CCNCC2)c2ccc(OCc3ccccc3)cc21. The van der Waals surface area contributed by atoms with Crippen LogP contribution in [0.4, 0.5) is 0 Å². The van der Waals surface area contributed by atoms with Gasteiger partial charge in [-0.1, -0.05) is 36.4 Å². The van der Waals surface area contributed by atoms with Gasteiger partial charge in [-0.25, -0.2) is 4.79 Å². The van der Waals surface area contributed by atoms with E-state index in [4.69, 9.17) is 9.47 Å². The Morgan fingerprint density at radius 1 is 1.09 bits per heavy atom. The van der Waals surface area contributed by atoms with Crippen molar-refractivity contribution in [2.45, 2.75) is 25.0 Å². The molecule has 2 aromatic carbocycles. The molecule has 2 aromatic rings. The molecule has 0 saturated carbocycles. The molecule has 4 heteroatoms. The average Bonchev–Trinajstić information content (AvgIpc) is 2.86. The summed E-state index contributed by atoms with van der Waals surface area (Å²) >= 11 is 0. The van der Waals surface area contributed by atoms with Crippen LogP contribution in [0.15, 0.2) is 48.5 Å². The second-order valence-electron chi connectivity index (χ2n) is 6.12. The first-order valence-corrected chi connectivity index (χ1v) is 8.02. The fraction of sp³-hybridized carbons (Fsp3) is 0.316. The second-order valence-corrected chi connectivity index (χ2v) is 6.12. The van der Waals surface area contributed by atoms with Gasteiger partial charge in [-0.2, -0.15) is 0 Å². The number of hydrogen-bond donors (Lipinski definition) is 1. The van der Waals surface area contributed by atoms with Gasteiger partial charge in [0.1, 0.15) is 18.0 Å². The van der Waals surface area contributed by atoms with Crippen LogP contribution in [0.1, 0.15) is 34.3 Å². The van der Waals surface area contributed by atoms with Crippen molar-refractivity contribution in [1.29, 1.82) is 0 Å². The van der Waals surface area contributed by atoms with E-state index in [9.17, 15) is 4.79 Å². The van der Waals surface area contributed by atoms with Crippen LogP contribution in [0, 0.1) is 0 Å². The molecular weight excluding hydrogens is 290 g/mol. The molecule has 0 unspecified atom stereocenters. The Hall–Kier alpha value is -2.33. The van der Waals surface area contributed by atoms with Gasteiger partial charge in [-0.15, -0.1) is 0 Å². The van der Waals surface area contributed by atoms with Crippen LogP contribution in [0.25, 0.3) is 0 Å². The number of carbonyl (C=O) groups excluding carboxylic acids is 1. The van der Waals surface area contributed by atoms with Gasteiger partial charge in [-0.05, 0) is 30.8 Å². The maximum absolute atomic E-state index is 12.3. The van der Waals surface area contributed by atoms with Crippen molar-refractivity contribution >= 4 is 5.97 Å². The summed E-state index contributed by atoms with van der Waals surface area (Å²) in [6.07, 6.45) is 1.66. The van der Waals surface area contributed by atoms with E-state index in [1.54, 1.807) is 0 Å². The summed E-state index contributed by atoms with van der Waals surface area (Å²) in [4.78, 5) is 12.3. The van der Waals surface area contributed by atoms with E-state index < -0.39 is 5.60 Å². The lowest BCUT2D eigenvalue weighted by atomic mass is 9.84. The van der Waals surface area contributed by atoms with Crippen LogP contribution in [0.2, 0.25) is 0 Å². The summed E-state index contributed by atoms with van der Waals surface area (Å²) < 4.78 is 11.6. The molecule has 0 aliphatic carbocycles. The highest BCUT2D eigenvalue weighted by molar-refractivity contribution is 5.95. The smallest absolute Gasteiger partial charge is 0.339 e. The molecule has 0 bridgehead atoms. The first-order chi connectivity index (χ1) is 11.3. The minimum absolute atomic E-state index is 0.230. The zero-order valence-electron chi connectivity index (χ0n) is 12.9. The van der Waals surface area contributed by atoms with Gasteiger partial charge >= 0.3 is 5.97 Å². The zero-order valence-corrected chi connectivity index (χ0v) is 12.9. The van der Waals surface area contributed by atoms with Crippen molar-refractivity contribution in [3.63, 3.8) is 0 Å². The molecule has 2 aliphatic rings. The molecule has 4 rings (SSSR count). The molecule has 2 heterocycles. The van der Waals surface area contributed by atoms with Crippen molar-refractivity contribution in [2.75, 3.05) is 13.1 Å². The van der Waals surface area contributed by atoms with Gasteiger partial charge in [0.15, 0.2) is 0 Å². The Kier molecular flexibility index (Phi) is 3.54. The maximum atomic E-state index is 12.3. The Balaban J connectivity index is 1.56. The summed E-state index contributed by atoms with van der Waals surface area (Å²) in [6, 6.07) is 15.7. The summed E-state index contributed by atoms with van der Waals surface area (Å²) in [6.45, 7) is 2.24. The summed E-state index contributed by atoms with van der Waals surface area (Å²) in [5.41, 5.74) is 2.33. The highest BCUT2D eigenvalue weighted by atomic mass is 16.6. The number of ether oxygens (including phenoxy) is 2. The zero-order chi connectivity index (χ0) is 15.7. The summed E-state index contributed by atoms with van der Waals surface area (Å²) in [7, 11) is 0. The normalized spacial score (nSPS) is 18.5. The Morgan fingerprint density at radius 3 is 2.65 bits per heavy atom. The molecule has 23 heavy (non-hydrogen) atoms. The molecule has 0 aromatic heterocycles. The van der Waals surface area contributed by atoms with Crippen LogP contribution in [0.3, 0.4) is 0 Å². The van der Waals surface area contributed by atoms with Gasteiger partial charge < -0.3 is 14.8 Å². The molecule has 4 nitrogen and oxygen atoms in total. The molecule has 1 spiro atoms. The molecule has 1 saturated heterocycles. The Morgan fingerprint density at radius 2 is 1.87 bits per heavy atom. The summed E-state index contributed by atoms with van der Waals surface area (Å²) in [5, 5.41) is 3.32. The topological polar surface area (TPSA) is 47.6 Å². The number of esters is 1. The number of nitrogens with one attached hydrogen (secondary N) is 1. The van der Waals surface area contributed by atoms with Crippen molar-refractivity contribution in [3.05, 3.63) is 65.2 Å². The molecule has 0 amide bonds. The second kappa shape index (κ2) is 5.70. The van der Waals surface area contributed by atoms with Crippen molar-refractivity contribution in [1.82, 2.24) is 5.32 Å². The lowest BCUT2D eigenvalue weighted by molar-refractivity contribution is -0.0241. The van der Waals surface area contributed by atoms with Gasteiger partial charge in [0.2, 0.25) is 0 Å². The van der Waals surface area contributed by atoms with E-state index >= 15 is 0 Å². The third-order valence-electron chi connectivity index (χ3n) is 4.65. The lowest BCUT2D eigenvalue weighted by Gasteiger charge is -2.33. The Bertz CT molecular complexity index is 721. The van der Waals surface area contributed by atoms with E-state index in [2.05, 4.69) is 5.32 Å². The minimum Gasteiger partial charge on any atom is -0.489 e. The third kappa shape index (κ3) is 2.59. The number of rotatable bonds is 3. The van der Waals surface area contributed by atoms with Gasteiger partial charge in [-0.3, -0.25) is 0 Å². The summed E-state index contributed by atoms with van der Waals surface area (Å²) in [5.74, 6) is 0.475. The Labute approximate surface area is 135 Å². The molecule has 1 fully saturated rings. The first-order valence-electron chi connectivity index (χ1n) is 8.02. The fourth-order valence-electron chi connectivity index (χ4n) is 3.41. The third-order valence-corrected chi connectivity index (χ3v) is 4.65. The quantitative estimate of drug-likeness (QED) is 0.885. The standard InChI is InChI=1S/C19H19NO3/c21-18-16-12-15(22-13-14-4-2-1-3-5-14)6-7-17(16)19(23-18)8-10-20-11-9-19/h1-7,12,20H,8-11,13H2. The maximum Gasteiger partial charge on any atom is 0.339 e. The van der Waals surface area contributed by atoms with E-state index in [1.807, 2.05) is 48.5 Å². The van der Waals surface area contributed by atoms with Gasteiger partial charge in [0, 0.05) is 18.4 Å². The van der Waals surface area contributed by atoms with Crippen molar-refractivity contribution in [2.24, 2.45) is 0 Å². The molecule has 2 aliphatic heterocycles. The largest absolute Gasteiger partial charge is 0.489 e. The van der Waals surface area contributed by atoms with E-state index in [0.29, 0.717) is 17.9 Å². The van der Waals surface area contributed by atoms with E-state index in [1.165, 1.54) is 0 Å². The van der Waals surface area contributed by atoms with Crippen LogP contribution in [-0.2, 0) is 16.9 Å². The predicted octanol–water partition coefficient (Wildman–Crippen LogP) is 3.01. The molecule has 0 atom stereocenters. The molecular formula is C19H19NO3. The van der Waals surface area contributed by atoms with Crippen LogP contribution >= 0.6 is 0 Å². The minimum atomic E-state index is -0.435. The predicted molar refractivity (Wildman–Crippen MR) is 86.4 cm³/mol. The van der Waals surface area contributed by atoms with Crippen LogP contribution < -0.4 is 10.1 Å². The first kappa shape index (κ1) is 14.3. The van der Waals surface area contributed by atoms with Gasteiger partial charge in [0.25, 0.3) is 0 Å². The fourth-order valence-corrected chi connectivity index (χ4v) is 3.41. The number of piperidine rings is 1. The molecule has 0 radical (unpaired) electrons. The highest BCUT2D eigenvalue weighted by Gasteiger charge is 2.46. The number of benzene rings is 2. The average molecular weight is 309 g/mol. The number of carbonyl (C=O) groups is 1. The molecule has 1 N–H and O–H groups in total. The van der Waals surface area contributed by atoms with Crippen molar-refractivity contribution in [3.8, 4) is 5.75 Å². The number of fused-ring (bicyclic) bond motifs is 2. The van der Waals surface area contributed by atoms with Crippen LogP contribution in [-0.4, -0.2) is 19.1 Å². The monoisotopic (exact) mass is 309 g/mol. The van der Waals surface area contributed by atoms with Gasteiger partial charge in [0.05, 0.1) is 5.56 Å². The van der Waals surface area contributed by atoms with Crippen LogP contribution in [0.5, 0.6) is 5.75 Å². The molecule has 118 valence electrons. The van der Waals surface area contributed by atoms with Crippen molar-refractivity contribution < 1.29 is 14.3 Å². The highest BCUT2D eigenvalue weighted by Crippen LogP contribution is 2.43. The van der Waals surface area contributed by atoms with E-state index in [0.717, 1.165) is 37.1 Å². The van der Waals surface area contributed by atoms with E-state index in [-0.39, 0.29) is 5.97 Å². The number of hydrogen-bond acceptors (Lipinski definition) is 4.